The predicted molar refractivity (Wildman–Crippen MR) is 117 cm³/mol. The number of likely N-dealkylation sites (N-methyl/N-ethyl adjacent to an activating group) is 2. The Morgan fingerprint density at radius 3 is 1.89 bits per heavy atom. The maximum Gasteiger partial charge on any atom is 0.0312 e. The Morgan fingerprint density at radius 2 is 1.32 bits per heavy atom. The minimum atomic E-state index is 0.443. The fraction of sp³-hybridized carbons (Fsp3) is 0.320. The number of rotatable bonds is 10. The molecule has 0 aliphatic carbocycles. The number of nitrogens with zero attached hydrogens (tertiary/aromatic N) is 3. The molecule has 0 fully saturated rings. The molecule has 0 radical (unpaired) electrons. The van der Waals surface area contributed by atoms with E-state index in [1.165, 1.54) is 16.7 Å². The SMILES string of the molecule is CN(CCC(c1ccccc1)c1ccccc1)CCN(C)Cc1cccnc1. The van der Waals surface area contributed by atoms with Crippen LogP contribution in [0, 0.1) is 0 Å². The standard InChI is InChI=1S/C25H31N3/c1-27(18-19-28(2)21-22-10-9-16-26-20-22)17-15-25(23-11-5-3-6-12-23)24-13-7-4-8-14-24/h3-14,16,20,25H,15,17-19,21H2,1-2H3. The molecule has 3 nitrogen and oxygen atoms in total. The van der Waals surface area contributed by atoms with Crippen LogP contribution in [0.2, 0.25) is 0 Å². The van der Waals surface area contributed by atoms with Crippen molar-refractivity contribution in [3.8, 4) is 0 Å². The maximum atomic E-state index is 4.20. The van der Waals surface area contributed by atoms with Crippen LogP contribution in [0.1, 0.15) is 29.0 Å². The van der Waals surface area contributed by atoms with Crippen molar-refractivity contribution in [2.45, 2.75) is 18.9 Å². The zero-order chi connectivity index (χ0) is 19.6. The Balaban J connectivity index is 1.51. The van der Waals surface area contributed by atoms with Crippen molar-refractivity contribution < 1.29 is 0 Å². The second kappa shape index (κ2) is 10.7. The van der Waals surface area contributed by atoms with Crippen LogP contribution in [-0.4, -0.2) is 48.5 Å². The highest BCUT2D eigenvalue weighted by atomic mass is 15.2. The molecule has 0 amide bonds. The second-order valence-electron chi connectivity index (χ2n) is 7.56. The highest BCUT2D eigenvalue weighted by molar-refractivity contribution is 5.32. The molecule has 0 N–H and O–H groups in total. The third kappa shape index (κ3) is 6.29. The lowest BCUT2D eigenvalue weighted by Crippen LogP contribution is -2.31. The molecule has 0 atom stereocenters. The van der Waals surface area contributed by atoms with Gasteiger partial charge in [-0.3, -0.25) is 4.98 Å². The summed E-state index contributed by atoms with van der Waals surface area (Å²) in [4.78, 5) is 9.01. The molecule has 28 heavy (non-hydrogen) atoms. The molecule has 3 heteroatoms. The van der Waals surface area contributed by atoms with Crippen molar-refractivity contribution in [2.24, 2.45) is 0 Å². The summed E-state index contributed by atoms with van der Waals surface area (Å²) in [6.07, 6.45) is 4.90. The number of benzene rings is 2. The molecule has 3 aromatic rings. The Kier molecular flexibility index (Phi) is 7.77. The van der Waals surface area contributed by atoms with E-state index in [1.807, 2.05) is 18.5 Å². The quantitative estimate of drug-likeness (QED) is 0.515. The molecule has 0 bridgehead atoms. The summed E-state index contributed by atoms with van der Waals surface area (Å²) >= 11 is 0. The van der Waals surface area contributed by atoms with Gasteiger partial charge in [-0.15, -0.1) is 0 Å². The van der Waals surface area contributed by atoms with Crippen LogP contribution in [0.15, 0.2) is 85.2 Å². The number of pyridine rings is 1. The summed E-state index contributed by atoms with van der Waals surface area (Å²) in [6.45, 7) is 4.13. The van der Waals surface area contributed by atoms with Gasteiger partial charge in [0, 0.05) is 37.9 Å². The van der Waals surface area contributed by atoms with Crippen molar-refractivity contribution in [2.75, 3.05) is 33.7 Å². The monoisotopic (exact) mass is 373 g/mol. The van der Waals surface area contributed by atoms with Crippen LogP contribution >= 0.6 is 0 Å². The summed E-state index contributed by atoms with van der Waals surface area (Å²) in [5.41, 5.74) is 4.06. The Labute approximate surface area is 169 Å². The van der Waals surface area contributed by atoms with Crippen molar-refractivity contribution in [1.29, 1.82) is 0 Å². The molecule has 0 spiro atoms. The van der Waals surface area contributed by atoms with Crippen LogP contribution < -0.4 is 0 Å². The first-order chi connectivity index (χ1) is 13.7. The van der Waals surface area contributed by atoms with Gasteiger partial charge in [0.25, 0.3) is 0 Å². The summed E-state index contributed by atoms with van der Waals surface area (Å²) in [5.74, 6) is 0.443. The van der Waals surface area contributed by atoms with E-state index in [0.717, 1.165) is 32.6 Å². The van der Waals surface area contributed by atoms with E-state index in [-0.39, 0.29) is 0 Å². The summed E-state index contributed by atoms with van der Waals surface area (Å²) in [6, 6.07) is 25.9. The van der Waals surface area contributed by atoms with Gasteiger partial charge in [-0.1, -0.05) is 66.7 Å². The van der Waals surface area contributed by atoms with E-state index in [9.17, 15) is 0 Å². The molecule has 0 unspecified atom stereocenters. The molecular weight excluding hydrogens is 342 g/mol. The van der Waals surface area contributed by atoms with E-state index < -0.39 is 0 Å². The minimum Gasteiger partial charge on any atom is -0.305 e. The van der Waals surface area contributed by atoms with Crippen LogP contribution in [0.3, 0.4) is 0 Å². The van der Waals surface area contributed by atoms with Gasteiger partial charge in [-0.25, -0.2) is 0 Å². The first kappa shape index (κ1) is 20.2. The maximum absolute atomic E-state index is 4.20. The van der Waals surface area contributed by atoms with E-state index >= 15 is 0 Å². The van der Waals surface area contributed by atoms with Crippen molar-refractivity contribution in [1.82, 2.24) is 14.8 Å². The van der Waals surface area contributed by atoms with Gasteiger partial charge in [-0.05, 0) is 49.8 Å². The third-order valence-corrected chi connectivity index (χ3v) is 5.24. The fourth-order valence-electron chi connectivity index (χ4n) is 3.58. The predicted octanol–water partition coefficient (Wildman–Crippen LogP) is 4.67. The van der Waals surface area contributed by atoms with Gasteiger partial charge in [-0.2, -0.15) is 0 Å². The molecule has 0 aliphatic heterocycles. The smallest absolute Gasteiger partial charge is 0.0312 e. The molecule has 1 heterocycles. The van der Waals surface area contributed by atoms with Gasteiger partial charge in [0.2, 0.25) is 0 Å². The summed E-state index contributed by atoms with van der Waals surface area (Å²) in [5, 5.41) is 0. The number of hydrogen-bond acceptors (Lipinski definition) is 3. The first-order valence-electron chi connectivity index (χ1n) is 10.1. The van der Waals surface area contributed by atoms with E-state index in [2.05, 4.69) is 95.6 Å². The molecule has 1 aromatic heterocycles. The number of hydrogen-bond donors (Lipinski definition) is 0. The highest BCUT2D eigenvalue weighted by Gasteiger charge is 2.14. The van der Waals surface area contributed by atoms with Crippen LogP contribution in [0.4, 0.5) is 0 Å². The molecule has 0 saturated heterocycles. The van der Waals surface area contributed by atoms with Crippen LogP contribution in [-0.2, 0) is 6.54 Å². The van der Waals surface area contributed by atoms with Gasteiger partial charge in [0.1, 0.15) is 0 Å². The normalized spacial score (nSPS) is 11.5. The lowest BCUT2D eigenvalue weighted by molar-refractivity contribution is 0.248. The third-order valence-electron chi connectivity index (χ3n) is 5.24. The Hall–Kier alpha value is -2.49. The van der Waals surface area contributed by atoms with Gasteiger partial charge < -0.3 is 9.80 Å². The molecule has 0 aliphatic rings. The van der Waals surface area contributed by atoms with E-state index in [0.29, 0.717) is 5.92 Å². The fourth-order valence-corrected chi connectivity index (χ4v) is 3.58. The van der Waals surface area contributed by atoms with Crippen molar-refractivity contribution in [3.63, 3.8) is 0 Å². The lowest BCUT2D eigenvalue weighted by Gasteiger charge is -2.25. The van der Waals surface area contributed by atoms with E-state index in [1.54, 1.807) is 0 Å². The van der Waals surface area contributed by atoms with Gasteiger partial charge >= 0.3 is 0 Å². The summed E-state index contributed by atoms with van der Waals surface area (Å²) < 4.78 is 0. The average molecular weight is 374 g/mol. The second-order valence-corrected chi connectivity index (χ2v) is 7.56. The first-order valence-corrected chi connectivity index (χ1v) is 10.1. The highest BCUT2D eigenvalue weighted by Crippen LogP contribution is 2.27. The Morgan fingerprint density at radius 1 is 0.714 bits per heavy atom. The molecule has 3 rings (SSSR count). The Bertz CT molecular complexity index is 750. The van der Waals surface area contributed by atoms with Gasteiger partial charge in [0.15, 0.2) is 0 Å². The topological polar surface area (TPSA) is 19.4 Å². The van der Waals surface area contributed by atoms with E-state index in [4.69, 9.17) is 0 Å². The zero-order valence-corrected chi connectivity index (χ0v) is 17.0. The molecule has 0 saturated carbocycles. The molecular formula is C25H31N3. The largest absolute Gasteiger partial charge is 0.305 e. The molecule has 146 valence electrons. The van der Waals surface area contributed by atoms with Crippen molar-refractivity contribution in [3.05, 3.63) is 102 Å². The van der Waals surface area contributed by atoms with Crippen LogP contribution in [0.25, 0.3) is 0 Å². The van der Waals surface area contributed by atoms with Gasteiger partial charge in [0.05, 0.1) is 0 Å². The van der Waals surface area contributed by atoms with Crippen molar-refractivity contribution >= 4 is 0 Å². The lowest BCUT2D eigenvalue weighted by atomic mass is 9.88. The number of aromatic nitrogens is 1. The van der Waals surface area contributed by atoms with Crippen LogP contribution in [0.5, 0.6) is 0 Å². The zero-order valence-electron chi connectivity index (χ0n) is 17.0. The minimum absolute atomic E-state index is 0.443. The average Bonchev–Trinajstić information content (AvgIpc) is 2.75. The molecule has 2 aromatic carbocycles. The summed E-state index contributed by atoms with van der Waals surface area (Å²) in [7, 11) is 4.41.